The topological polar surface area (TPSA) is 87.0 Å². The van der Waals surface area contributed by atoms with Crippen LogP contribution in [0.3, 0.4) is 0 Å². The molecular formula is C15H16N3O3-. The first kappa shape index (κ1) is 14.8. The first-order valence-corrected chi connectivity index (χ1v) is 6.59. The van der Waals surface area contributed by atoms with Crippen molar-refractivity contribution in [1.29, 1.82) is 0 Å². The second-order valence-corrected chi connectivity index (χ2v) is 4.78. The maximum absolute atomic E-state index is 12.1. The van der Waals surface area contributed by atoms with E-state index in [-0.39, 0.29) is 18.7 Å². The summed E-state index contributed by atoms with van der Waals surface area (Å²) in [5.41, 5.74) is 0.807. The molecule has 0 aliphatic carbocycles. The molecule has 1 N–H and O–H groups in total. The average Bonchev–Trinajstić information content (AvgIpc) is 2.84. The van der Waals surface area contributed by atoms with Crippen LogP contribution in [0, 0.1) is 0 Å². The zero-order valence-corrected chi connectivity index (χ0v) is 11.7. The third kappa shape index (κ3) is 4.17. The van der Waals surface area contributed by atoms with Crippen LogP contribution in [0.15, 0.2) is 42.6 Å². The molecule has 2 rings (SSSR count). The average molecular weight is 286 g/mol. The zero-order chi connectivity index (χ0) is 15.2. The Morgan fingerprint density at radius 3 is 2.52 bits per heavy atom. The number of carboxylic acid groups (broad SMARTS) is 1. The van der Waals surface area contributed by atoms with Crippen molar-refractivity contribution >= 4 is 17.7 Å². The Bertz CT molecular complexity index is 622. The van der Waals surface area contributed by atoms with Gasteiger partial charge in [-0.25, -0.2) is 0 Å². The van der Waals surface area contributed by atoms with Crippen molar-refractivity contribution in [3.05, 3.63) is 48.2 Å². The second-order valence-electron chi connectivity index (χ2n) is 4.78. The van der Waals surface area contributed by atoms with Crippen molar-refractivity contribution in [2.24, 2.45) is 7.05 Å². The molecule has 0 saturated heterocycles. The Kier molecular flexibility index (Phi) is 4.71. The van der Waals surface area contributed by atoms with Crippen molar-refractivity contribution in [3.63, 3.8) is 0 Å². The van der Waals surface area contributed by atoms with Crippen LogP contribution in [-0.2, 0) is 16.6 Å². The fourth-order valence-corrected chi connectivity index (χ4v) is 2.15. The summed E-state index contributed by atoms with van der Waals surface area (Å²) in [6, 6.07) is 10.8. The molecule has 6 heteroatoms. The molecule has 1 amide bonds. The quantitative estimate of drug-likeness (QED) is 0.845. The number of benzene rings is 1. The van der Waals surface area contributed by atoms with E-state index in [4.69, 9.17) is 0 Å². The smallest absolute Gasteiger partial charge is 0.226 e. The summed E-state index contributed by atoms with van der Waals surface area (Å²) in [5.74, 6) is -1.27. The maximum Gasteiger partial charge on any atom is 0.226 e. The molecule has 0 saturated carbocycles. The number of carbonyl (C=O) groups is 2. The van der Waals surface area contributed by atoms with E-state index >= 15 is 0 Å². The Balaban J connectivity index is 2.06. The Hall–Kier alpha value is -2.63. The Morgan fingerprint density at radius 2 is 1.95 bits per heavy atom. The molecule has 0 aliphatic rings. The highest BCUT2D eigenvalue weighted by Gasteiger charge is 2.17. The lowest BCUT2D eigenvalue weighted by molar-refractivity contribution is -0.306. The van der Waals surface area contributed by atoms with Gasteiger partial charge in [0.25, 0.3) is 0 Å². The highest BCUT2D eigenvalue weighted by atomic mass is 16.4. The minimum absolute atomic E-state index is 0.0726. The normalized spacial score (nSPS) is 11.9. The molecule has 0 unspecified atom stereocenters. The largest absolute Gasteiger partial charge is 0.550 e. The Labute approximate surface area is 122 Å². The van der Waals surface area contributed by atoms with E-state index in [2.05, 4.69) is 10.4 Å². The predicted molar refractivity (Wildman–Crippen MR) is 75.3 cm³/mol. The van der Waals surface area contributed by atoms with Gasteiger partial charge in [0.05, 0.1) is 6.20 Å². The number of nitrogens with zero attached hydrogens (tertiary/aromatic N) is 2. The molecule has 0 fully saturated rings. The summed E-state index contributed by atoms with van der Waals surface area (Å²) < 4.78 is 1.54. The minimum atomic E-state index is -1.17. The standard InChI is InChI=1S/C15H17N3O3/c1-18-13(7-8-16-18)17-14(19)9-12(10-15(20)21)11-5-3-2-4-6-11/h2-8,12H,9-10H2,1H3,(H,17,19)(H,20,21)/p-1/t12-/m0/s1. The van der Waals surface area contributed by atoms with Crippen LogP contribution in [0.2, 0.25) is 0 Å². The van der Waals surface area contributed by atoms with Gasteiger partial charge in [0.15, 0.2) is 0 Å². The number of hydrogen-bond donors (Lipinski definition) is 1. The van der Waals surface area contributed by atoms with Crippen molar-refractivity contribution < 1.29 is 14.7 Å². The van der Waals surface area contributed by atoms with Crippen molar-refractivity contribution in [2.75, 3.05) is 5.32 Å². The first-order valence-electron chi connectivity index (χ1n) is 6.59. The highest BCUT2D eigenvalue weighted by Crippen LogP contribution is 2.23. The van der Waals surface area contributed by atoms with Gasteiger partial charge >= 0.3 is 0 Å². The lowest BCUT2D eigenvalue weighted by Gasteiger charge is -2.17. The number of anilines is 1. The lowest BCUT2D eigenvalue weighted by atomic mass is 9.92. The van der Waals surface area contributed by atoms with E-state index in [1.54, 1.807) is 19.3 Å². The third-order valence-corrected chi connectivity index (χ3v) is 3.20. The molecule has 0 spiro atoms. The predicted octanol–water partition coefficient (Wildman–Crippen LogP) is 0.672. The monoisotopic (exact) mass is 286 g/mol. The van der Waals surface area contributed by atoms with Crippen molar-refractivity contribution in [2.45, 2.75) is 18.8 Å². The number of carboxylic acids is 1. The molecule has 0 aliphatic heterocycles. The van der Waals surface area contributed by atoms with Gasteiger partial charge in [-0.1, -0.05) is 30.3 Å². The van der Waals surface area contributed by atoms with Crippen molar-refractivity contribution in [3.8, 4) is 0 Å². The summed E-state index contributed by atoms with van der Waals surface area (Å²) in [6.45, 7) is 0. The summed E-state index contributed by atoms with van der Waals surface area (Å²) in [7, 11) is 1.71. The molecule has 1 aromatic heterocycles. The van der Waals surface area contributed by atoms with Gasteiger partial charge in [-0.2, -0.15) is 5.10 Å². The highest BCUT2D eigenvalue weighted by molar-refractivity contribution is 5.90. The maximum atomic E-state index is 12.1. The SMILES string of the molecule is Cn1nccc1NC(=O)C[C@@H](CC(=O)[O-])c1ccccc1. The van der Waals surface area contributed by atoms with Gasteiger partial charge in [0, 0.05) is 25.5 Å². The number of aryl methyl sites for hydroxylation is 1. The van der Waals surface area contributed by atoms with Crippen LogP contribution in [0.25, 0.3) is 0 Å². The van der Waals surface area contributed by atoms with Crippen LogP contribution >= 0.6 is 0 Å². The van der Waals surface area contributed by atoms with Gasteiger partial charge in [0.1, 0.15) is 5.82 Å². The molecule has 110 valence electrons. The molecular weight excluding hydrogens is 270 g/mol. The van der Waals surface area contributed by atoms with E-state index in [1.165, 1.54) is 4.68 Å². The van der Waals surface area contributed by atoms with E-state index in [9.17, 15) is 14.7 Å². The zero-order valence-electron chi connectivity index (χ0n) is 11.7. The summed E-state index contributed by atoms with van der Waals surface area (Å²) in [6.07, 6.45) is 1.46. The van der Waals surface area contributed by atoms with E-state index < -0.39 is 11.9 Å². The number of aliphatic carboxylic acids is 1. The van der Waals surface area contributed by atoms with Gasteiger partial charge in [-0.15, -0.1) is 0 Å². The molecule has 21 heavy (non-hydrogen) atoms. The molecule has 1 atom stereocenters. The number of amides is 1. The summed E-state index contributed by atoms with van der Waals surface area (Å²) >= 11 is 0. The molecule has 6 nitrogen and oxygen atoms in total. The van der Waals surface area contributed by atoms with Crippen LogP contribution in [0.4, 0.5) is 5.82 Å². The van der Waals surface area contributed by atoms with Crippen molar-refractivity contribution in [1.82, 2.24) is 9.78 Å². The third-order valence-electron chi connectivity index (χ3n) is 3.20. The van der Waals surface area contributed by atoms with Gasteiger partial charge in [-0.3, -0.25) is 9.48 Å². The number of carbonyl (C=O) groups excluding carboxylic acids is 2. The summed E-state index contributed by atoms with van der Waals surface area (Å²) in [4.78, 5) is 22.9. The fraction of sp³-hybridized carbons (Fsp3) is 0.267. The number of aromatic nitrogens is 2. The fourth-order valence-electron chi connectivity index (χ4n) is 2.15. The molecule has 0 radical (unpaired) electrons. The van der Waals surface area contributed by atoms with Gasteiger partial charge in [-0.05, 0) is 17.9 Å². The number of nitrogens with one attached hydrogen (secondary N) is 1. The van der Waals surface area contributed by atoms with Crippen LogP contribution < -0.4 is 10.4 Å². The minimum Gasteiger partial charge on any atom is -0.550 e. The van der Waals surface area contributed by atoms with Crippen LogP contribution in [-0.4, -0.2) is 21.7 Å². The molecule has 1 aromatic carbocycles. The molecule has 1 heterocycles. The lowest BCUT2D eigenvalue weighted by Crippen LogP contribution is -2.26. The number of rotatable bonds is 6. The first-order chi connectivity index (χ1) is 10.1. The number of hydrogen-bond acceptors (Lipinski definition) is 4. The molecule has 0 bridgehead atoms. The van der Waals surface area contributed by atoms with E-state index in [0.717, 1.165) is 5.56 Å². The van der Waals surface area contributed by atoms with Crippen LogP contribution in [0.5, 0.6) is 0 Å². The Morgan fingerprint density at radius 1 is 1.24 bits per heavy atom. The summed E-state index contributed by atoms with van der Waals surface area (Å²) in [5, 5.41) is 17.5. The van der Waals surface area contributed by atoms with E-state index in [0.29, 0.717) is 5.82 Å². The second kappa shape index (κ2) is 6.69. The van der Waals surface area contributed by atoms with Gasteiger partial charge in [0.2, 0.25) is 5.91 Å². The van der Waals surface area contributed by atoms with Crippen LogP contribution in [0.1, 0.15) is 24.3 Å². The van der Waals surface area contributed by atoms with E-state index in [1.807, 2.05) is 30.3 Å². The molecule has 2 aromatic rings. The van der Waals surface area contributed by atoms with Gasteiger partial charge < -0.3 is 15.2 Å².